The van der Waals surface area contributed by atoms with Gasteiger partial charge in [-0.2, -0.15) is 5.26 Å². The Morgan fingerprint density at radius 1 is 1.11 bits per heavy atom. The number of benzene rings is 2. The van der Waals surface area contributed by atoms with Crippen LogP contribution < -0.4 is 5.73 Å². The Kier molecular flexibility index (Phi) is 2.57. The fourth-order valence-electron chi connectivity index (χ4n) is 2.87. The van der Waals surface area contributed by atoms with Gasteiger partial charge in [0, 0.05) is 6.04 Å². The van der Waals surface area contributed by atoms with Gasteiger partial charge in [0.15, 0.2) is 0 Å². The summed E-state index contributed by atoms with van der Waals surface area (Å²) in [5, 5.41) is 11.8. The van der Waals surface area contributed by atoms with Crippen LogP contribution in [0.3, 0.4) is 0 Å². The third kappa shape index (κ3) is 1.52. The molecule has 90 valence electrons. The summed E-state index contributed by atoms with van der Waals surface area (Å²) in [6.45, 7) is 0. The summed E-state index contributed by atoms with van der Waals surface area (Å²) in [5.74, 6) is 0. The molecule has 18 heavy (non-hydrogen) atoms. The maximum atomic E-state index is 9.41. The zero-order valence-corrected chi connectivity index (χ0v) is 10.3. The molecule has 2 aromatic carbocycles. The molecule has 0 spiro atoms. The molecule has 1 unspecified atom stereocenters. The number of hydrogen-bond donors (Lipinski definition) is 1. The van der Waals surface area contributed by atoms with E-state index in [1.807, 2.05) is 18.2 Å². The van der Waals surface area contributed by atoms with E-state index in [2.05, 4.69) is 30.3 Å². The molecule has 0 heterocycles. The maximum Gasteiger partial charge on any atom is 0.0766 e. The smallest absolute Gasteiger partial charge is 0.0766 e. The Morgan fingerprint density at radius 2 is 1.83 bits per heavy atom. The monoisotopic (exact) mass is 236 g/mol. The molecule has 2 aromatic rings. The van der Waals surface area contributed by atoms with Crippen LogP contribution in [0.1, 0.15) is 30.9 Å². The van der Waals surface area contributed by atoms with Crippen molar-refractivity contribution in [2.75, 3.05) is 0 Å². The molecule has 0 radical (unpaired) electrons. The minimum Gasteiger partial charge on any atom is -0.323 e. The second-order valence-corrected chi connectivity index (χ2v) is 5.17. The van der Waals surface area contributed by atoms with E-state index in [-0.39, 0.29) is 11.5 Å². The van der Waals surface area contributed by atoms with Crippen LogP contribution >= 0.6 is 0 Å². The molecular weight excluding hydrogens is 220 g/mol. The van der Waals surface area contributed by atoms with Crippen LogP contribution in [0.25, 0.3) is 10.8 Å². The van der Waals surface area contributed by atoms with E-state index in [1.165, 1.54) is 10.8 Å². The Labute approximate surface area is 107 Å². The van der Waals surface area contributed by atoms with Crippen LogP contribution in [0.2, 0.25) is 0 Å². The van der Waals surface area contributed by atoms with Crippen molar-refractivity contribution in [2.24, 2.45) is 11.1 Å². The largest absolute Gasteiger partial charge is 0.323 e. The van der Waals surface area contributed by atoms with Gasteiger partial charge >= 0.3 is 0 Å². The summed E-state index contributed by atoms with van der Waals surface area (Å²) in [6.07, 6.45) is 2.97. The van der Waals surface area contributed by atoms with Gasteiger partial charge in [0.1, 0.15) is 0 Å². The molecule has 1 saturated carbocycles. The van der Waals surface area contributed by atoms with E-state index < -0.39 is 0 Å². The van der Waals surface area contributed by atoms with Gasteiger partial charge in [-0.1, -0.05) is 48.9 Å². The first-order valence-corrected chi connectivity index (χ1v) is 6.41. The molecule has 0 aliphatic heterocycles. The van der Waals surface area contributed by atoms with E-state index >= 15 is 0 Å². The summed E-state index contributed by atoms with van der Waals surface area (Å²) >= 11 is 0. The Balaban J connectivity index is 2.12. The van der Waals surface area contributed by atoms with Crippen molar-refractivity contribution in [3.63, 3.8) is 0 Å². The second-order valence-electron chi connectivity index (χ2n) is 5.17. The Hall–Kier alpha value is -1.85. The molecule has 0 saturated heterocycles. The molecule has 1 fully saturated rings. The number of nitriles is 1. The first-order chi connectivity index (χ1) is 8.77. The maximum absolute atomic E-state index is 9.41. The highest BCUT2D eigenvalue weighted by Crippen LogP contribution is 2.49. The van der Waals surface area contributed by atoms with Gasteiger partial charge in [-0.15, -0.1) is 0 Å². The van der Waals surface area contributed by atoms with Crippen LogP contribution in [-0.2, 0) is 0 Å². The predicted molar refractivity (Wildman–Crippen MR) is 72.8 cm³/mol. The van der Waals surface area contributed by atoms with Gasteiger partial charge in [-0.25, -0.2) is 0 Å². The molecule has 0 aromatic heterocycles. The highest BCUT2D eigenvalue weighted by atomic mass is 14.7. The van der Waals surface area contributed by atoms with Crippen molar-refractivity contribution in [3.05, 3.63) is 48.0 Å². The second kappa shape index (κ2) is 4.12. The topological polar surface area (TPSA) is 49.8 Å². The van der Waals surface area contributed by atoms with Crippen molar-refractivity contribution < 1.29 is 0 Å². The SMILES string of the molecule is N#CC1(C(N)c2cccc3ccccc23)CCC1. The highest BCUT2D eigenvalue weighted by molar-refractivity contribution is 5.86. The predicted octanol–water partition coefficient (Wildman–Crippen LogP) is 3.53. The third-order valence-corrected chi connectivity index (χ3v) is 4.22. The fraction of sp³-hybridized carbons (Fsp3) is 0.312. The lowest BCUT2D eigenvalue weighted by atomic mass is 9.63. The van der Waals surface area contributed by atoms with Gasteiger partial charge in [0.2, 0.25) is 0 Å². The van der Waals surface area contributed by atoms with Crippen molar-refractivity contribution in [1.82, 2.24) is 0 Å². The third-order valence-electron chi connectivity index (χ3n) is 4.22. The molecule has 1 aliphatic rings. The summed E-state index contributed by atoms with van der Waals surface area (Å²) in [7, 11) is 0. The zero-order chi connectivity index (χ0) is 12.6. The number of rotatable bonds is 2. The average Bonchev–Trinajstić information content (AvgIpc) is 2.37. The normalized spacial score (nSPS) is 18.9. The molecule has 2 nitrogen and oxygen atoms in total. The molecular formula is C16H16N2. The number of hydrogen-bond acceptors (Lipinski definition) is 2. The van der Waals surface area contributed by atoms with E-state index in [0.717, 1.165) is 24.8 Å². The lowest BCUT2D eigenvalue weighted by molar-refractivity contribution is 0.170. The molecule has 1 aliphatic carbocycles. The van der Waals surface area contributed by atoms with Crippen molar-refractivity contribution in [2.45, 2.75) is 25.3 Å². The summed E-state index contributed by atoms with van der Waals surface area (Å²) in [4.78, 5) is 0. The standard InChI is InChI=1S/C16H16N2/c17-11-16(9-4-10-16)15(18)14-8-3-6-12-5-1-2-7-13(12)14/h1-3,5-8,15H,4,9-10,18H2. The van der Waals surface area contributed by atoms with Gasteiger partial charge in [-0.3, -0.25) is 0 Å². The minimum atomic E-state index is -0.343. The van der Waals surface area contributed by atoms with Crippen LogP contribution in [0.15, 0.2) is 42.5 Å². The van der Waals surface area contributed by atoms with Crippen molar-refractivity contribution in [3.8, 4) is 6.07 Å². The summed E-state index contributed by atoms with van der Waals surface area (Å²) in [6, 6.07) is 16.7. The minimum absolute atomic E-state index is 0.178. The van der Waals surface area contributed by atoms with E-state index in [0.29, 0.717) is 0 Å². The van der Waals surface area contributed by atoms with Crippen molar-refractivity contribution in [1.29, 1.82) is 5.26 Å². The van der Waals surface area contributed by atoms with Gasteiger partial charge < -0.3 is 5.73 Å². The van der Waals surface area contributed by atoms with Crippen LogP contribution in [0.4, 0.5) is 0 Å². The quantitative estimate of drug-likeness (QED) is 0.867. The first-order valence-electron chi connectivity index (χ1n) is 6.41. The van der Waals surface area contributed by atoms with Gasteiger partial charge in [-0.05, 0) is 29.2 Å². The average molecular weight is 236 g/mol. The van der Waals surface area contributed by atoms with E-state index in [9.17, 15) is 5.26 Å². The number of fused-ring (bicyclic) bond motifs is 1. The number of nitrogens with two attached hydrogens (primary N) is 1. The lowest BCUT2D eigenvalue weighted by Crippen LogP contribution is -2.39. The van der Waals surface area contributed by atoms with E-state index in [4.69, 9.17) is 5.73 Å². The van der Waals surface area contributed by atoms with E-state index in [1.54, 1.807) is 0 Å². The fourth-order valence-corrected chi connectivity index (χ4v) is 2.87. The van der Waals surface area contributed by atoms with Crippen LogP contribution in [0, 0.1) is 16.7 Å². The Bertz CT molecular complexity index is 615. The molecule has 0 amide bonds. The van der Waals surface area contributed by atoms with Gasteiger partial charge in [0.25, 0.3) is 0 Å². The molecule has 1 atom stereocenters. The number of nitrogens with zero attached hydrogens (tertiary/aromatic N) is 1. The van der Waals surface area contributed by atoms with Crippen LogP contribution in [-0.4, -0.2) is 0 Å². The molecule has 0 bridgehead atoms. The van der Waals surface area contributed by atoms with Gasteiger partial charge in [0.05, 0.1) is 11.5 Å². The first kappa shape index (κ1) is 11.3. The lowest BCUT2D eigenvalue weighted by Gasteiger charge is -2.40. The summed E-state index contributed by atoms with van der Waals surface area (Å²) in [5.41, 5.74) is 7.15. The molecule has 2 heteroatoms. The molecule has 3 rings (SSSR count). The van der Waals surface area contributed by atoms with Crippen LogP contribution in [0.5, 0.6) is 0 Å². The Morgan fingerprint density at radius 3 is 2.50 bits per heavy atom. The summed E-state index contributed by atoms with van der Waals surface area (Å²) < 4.78 is 0. The zero-order valence-electron chi connectivity index (χ0n) is 10.3. The van der Waals surface area contributed by atoms with Crippen molar-refractivity contribution >= 4 is 10.8 Å². The highest BCUT2D eigenvalue weighted by Gasteiger charge is 2.43. The molecule has 2 N–H and O–H groups in total.